The molecule has 100 valence electrons. The smallest absolute Gasteiger partial charge is 0.220 e. The number of hydrogen-bond acceptors (Lipinski definition) is 6. The van der Waals surface area contributed by atoms with Gasteiger partial charge in [0, 0.05) is 13.1 Å². The van der Waals surface area contributed by atoms with E-state index in [1.165, 1.54) is 6.33 Å². The maximum absolute atomic E-state index is 5.89. The standard InChI is InChI=1S/C12H19N3O3/c1-12(2)7-13-5-9(18-12)6-17-11-4-10(16-3)14-8-15-11/h4,8-9,13H,5-7H2,1-3H3. The van der Waals surface area contributed by atoms with Crippen molar-refractivity contribution in [3.05, 3.63) is 12.4 Å². The normalized spacial score (nSPS) is 22.5. The van der Waals surface area contributed by atoms with Gasteiger partial charge in [-0.25, -0.2) is 9.97 Å². The lowest BCUT2D eigenvalue weighted by Gasteiger charge is -2.36. The van der Waals surface area contributed by atoms with E-state index in [0.29, 0.717) is 18.4 Å². The third kappa shape index (κ3) is 3.54. The molecule has 1 aromatic rings. The lowest BCUT2D eigenvalue weighted by Crippen LogP contribution is -2.52. The summed E-state index contributed by atoms with van der Waals surface area (Å²) >= 11 is 0. The zero-order valence-electron chi connectivity index (χ0n) is 11.0. The molecule has 1 N–H and O–H groups in total. The van der Waals surface area contributed by atoms with Crippen LogP contribution in [0.1, 0.15) is 13.8 Å². The highest BCUT2D eigenvalue weighted by Gasteiger charge is 2.28. The first-order valence-electron chi connectivity index (χ1n) is 5.96. The predicted molar refractivity (Wildman–Crippen MR) is 65.9 cm³/mol. The molecule has 1 aliphatic heterocycles. The van der Waals surface area contributed by atoms with E-state index in [0.717, 1.165) is 13.1 Å². The second-order valence-corrected chi connectivity index (χ2v) is 4.84. The molecule has 1 saturated heterocycles. The Balaban J connectivity index is 1.87. The fourth-order valence-corrected chi connectivity index (χ4v) is 1.85. The van der Waals surface area contributed by atoms with E-state index < -0.39 is 0 Å². The van der Waals surface area contributed by atoms with Gasteiger partial charge in [-0.2, -0.15) is 0 Å². The van der Waals surface area contributed by atoms with Crippen molar-refractivity contribution in [2.24, 2.45) is 0 Å². The Labute approximate surface area is 107 Å². The molecule has 0 amide bonds. The van der Waals surface area contributed by atoms with E-state index in [-0.39, 0.29) is 11.7 Å². The summed E-state index contributed by atoms with van der Waals surface area (Å²) in [5.74, 6) is 0.983. The van der Waals surface area contributed by atoms with E-state index in [1.54, 1.807) is 13.2 Å². The van der Waals surface area contributed by atoms with Crippen molar-refractivity contribution in [1.29, 1.82) is 0 Å². The minimum Gasteiger partial charge on any atom is -0.481 e. The molecule has 1 aromatic heterocycles. The molecule has 6 heteroatoms. The van der Waals surface area contributed by atoms with E-state index >= 15 is 0 Å². The molecule has 0 saturated carbocycles. The van der Waals surface area contributed by atoms with Crippen LogP contribution in [-0.4, -0.2) is 48.5 Å². The fraction of sp³-hybridized carbons (Fsp3) is 0.667. The van der Waals surface area contributed by atoms with Gasteiger partial charge >= 0.3 is 0 Å². The van der Waals surface area contributed by atoms with Crippen molar-refractivity contribution < 1.29 is 14.2 Å². The first kappa shape index (κ1) is 13.0. The average Bonchev–Trinajstić information content (AvgIpc) is 2.35. The van der Waals surface area contributed by atoms with Crippen LogP contribution >= 0.6 is 0 Å². The van der Waals surface area contributed by atoms with Gasteiger partial charge < -0.3 is 19.5 Å². The number of hydrogen-bond donors (Lipinski definition) is 1. The highest BCUT2D eigenvalue weighted by atomic mass is 16.6. The van der Waals surface area contributed by atoms with Crippen LogP contribution < -0.4 is 14.8 Å². The third-order valence-electron chi connectivity index (χ3n) is 2.65. The van der Waals surface area contributed by atoms with E-state index in [1.807, 2.05) is 0 Å². The fourth-order valence-electron chi connectivity index (χ4n) is 1.85. The van der Waals surface area contributed by atoms with Gasteiger partial charge in [0.1, 0.15) is 19.0 Å². The zero-order valence-corrected chi connectivity index (χ0v) is 11.0. The molecule has 1 atom stereocenters. The van der Waals surface area contributed by atoms with Crippen LogP contribution in [0, 0.1) is 0 Å². The first-order valence-corrected chi connectivity index (χ1v) is 5.96. The molecule has 0 radical (unpaired) electrons. The van der Waals surface area contributed by atoms with Gasteiger partial charge in [-0.3, -0.25) is 0 Å². The van der Waals surface area contributed by atoms with Crippen LogP contribution in [0.15, 0.2) is 12.4 Å². The number of nitrogens with zero attached hydrogens (tertiary/aromatic N) is 2. The van der Waals surface area contributed by atoms with Crippen molar-refractivity contribution in [3.8, 4) is 11.8 Å². The molecule has 18 heavy (non-hydrogen) atoms. The number of morpholine rings is 1. The van der Waals surface area contributed by atoms with Crippen LogP contribution in [0.2, 0.25) is 0 Å². The van der Waals surface area contributed by atoms with E-state index in [4.69, 9.17) is 14.2 Å². The van der Waals surface area contributed by atoms with Gasteiger partial charge in [-0.05, 0) is 13.8 Å². The van der Waals surface area contributed by atoms with Gasteiger partial charge in [0.05, 0.1) is 18.8 Å². The summed E-state index contributed by atoms with van der Waals surface area (Å²) in [6, 6.07) is 1.65. The molecule has 2 rings (SSSR count). The molecule has 0 aliphatic carbocycles. The minimum atomic E-state index is -0.157. The molecular formula is C12H19N3O3. The Morgan fingerprint density at radius 3 is 2.94 bits per heavy atom. The molecule has 2 heterocycles. The quantitative estimate of drug-likeness (QED) is 0.849. The number of nitrogens with one attached hydrogen (secondary N) is 1. The van der Waals surface area contributed by atoms with Crippen LogP contribution in [0.3, 0.4) is 0 Å². The van der Waals surface area contributed by atoms with Crippen molar-refractivity contribution in [2.75, 3.05) is 26.8 Å². The lowest BCUT2D eigenvalue weighted by molar-refractivity contribution is -0.107. The van der Waals surface area contributed by atoms with Crippen molar-refractivity contribution in [2.45, 2.75) is 25.6 Å². The Morgan fingerprint density at radius 1 is 1.44 bits per heavy atom. The van der Waals surface area contributed by atoms with Crippen LogP contribution in [0.5, 0.6) is 11.8 Å². The van der Waals surface area contributed by atoms with Gasteiger partial charge in [-0.1, -0.05) is 0 Å². The average molecular weight is 253 g/mol. The molecule has 0 spiro atoms. The van der Waals surface area contributed by atoms with Crippen LogP contribution in [0.4, 0.5) is 0 Å². The molecule has 6 nitrogen and oxygen atoms in total. The molecular weight excluding hydrogens is 234 g/mol. The number of rotatable bonds is 4. The topological polar surface area (TPSA) is 65.5 Å². The van der Waals surface area contributed by atoms with Crippen molar-refractivity contribution in [3.63, 3.8) is 0 Å². The SMILES string of the molecule is COc1cc(OCC2CNCC(C)(C)O2)ncn1. The van der Waals surface area contributed by atoms with Crippen molar-refractivity contribution >= 4 is 0 Å². The summed E-state index contributed by atoms with van der Waals surface area (Å²) < 4.78 is 16.5. The lowest BCUT2D eigenvalue weighted by atomic mass is 10.1. The first-order chi connectivity index (χ1) is 8.59. The zero-order chi connectivity index (χ0) is 13.0. The Hall–Kier alpha value is -1.40. The second kappa shape index (κ2) is 5.49. The summed E-state index contributed by atoms with van der Waals surface area (Å²) in [6.07, 6.45) is 1.44. The van der Waals surface area contributed by atoms with Crippen molar-refractivity contribution in [1.82, 2.24) is 15.3 Å². The molecule has 1 fully saturated rings. The number of aromatic nitrogens is 2. The monoisotopic (exact) mass is 253 g/mol. The Morgan fingerprint density at radius 2 is 2.22 bits per heavy atom. The minimum absolute atomic E-state index is 0.0229. The Bertz CT molecular complexity index is 398. The number of ether oxygens (including phenoxy) is 3. The summed E-state index contributed by atoms with van der Waals surface area (Å²) in [7, 11) is 1.56. The highest BCUT2D eigenvalue weighted by molar-refractivity contribution is 5.17. The van der Waals surface area contributed by atoms with Gasteiger partial charge in [-0.15, -0.1) is 0 Å². The molecule has 1 unspecified atom stereocenters. The number of methoxy groups -OCH3 is 1. The third-order valence-corrected chi connectivity index (χ3v) is 2.65. The van der Waals surface area contributed by atoms with Crippen LogP contribution in [0.25, 0.3) is 0 Å². The van der Waals surface area contributed by atoms with E-state index in [9.17, 15) is 0 Å². The van der Waals surface area contributed by atoms with Crippen LogP contribution in [-0.2, 0) is 4.74 Å². The molecule has 0 bridgehead atoms. The molecule has 1 aliphatic rings. The van der Waals surface area contributed by atoms with Gasteiger partial charge in [0.15, 0.2) is 0 Å². The predicted octanol–water partition coefficient (Wildman–Crippen LogP) is 0.631. The maximum Gasteiger partial charge on any atom is 0.220 e. The largest absolute Gasteiger partial charge is 0.481 e. The summed E-state index contributed by atoms with van der Waals surface area (Å²) in [5.41, 5.74) is -0.157. The summed E-state index contributed by atoms with van der Waals surface area (Å²) in [4.78, 5) is 7.94. The summed E-state index contributed by atoms with van der Waals surface area (Å²) in [6.45, 7) is 6.20. The Kier molecular flexibility index (Phi) is 3.98. The van der Waals surface area contributed by atoms with E-state index in [2.05, 4.69) is 29.1 Å². The summed E-state index contributed by atoms with van der Waals surface area (Å²) in [5, 5.41) is 3.32. The highest BCUT2D eigenvalue weighted by Crippen LogP contribution is 2.17. The maximum atomic E-state index is 5.89. The van der Waals surface area contributed by atoms with Gasteiger partial charge in [0.25, 0.3) is 0 Å². The second-order valence-electron chi connectivity index (χ2n) is 4.84. The molecule has 0 aromatic carbocycles. The van der Waals surface area contributed by atoms with Gasteiger partial charge in [0.2, 0.25) is 11.8 Å².